The summed E-state index contributed by atoms with van der Waals surface area (Å²) in [4.78, 5) is 12.3. The quantitative estimate of drug-likeness (QED) is 0.516. The Labute approximate surface area is 171 Å². The van der Waals surface area contributed by atoms with Crippen LogP contribution >= 0.6 is 23.2 Å². The van der Waals surface area contributed by atoms with Gasteiger partial charge in [0.2, 0.25) is 0 Å². The first kappa shape index (κ1) is 18.5. The van der Waals surface area contributed by atoms with Crippen LogP contribution in [-0.2, 0) is 11.4 Å². The fourth-order valence-corrected chi connectivity index (χ4v) is 3.63. The van der Waals surface area contributed by atoms with E-state index in [0.29, 0.717) is 16.7 Å². The average molecular weight is 414 g/mol. The molecule has 3 aromatic carbocycles. The number of benzene rings is 3. The Morgan fingerprint density at radius 2 is 1.68 bits per heavy atom. The first-order valence-corrected chi connectivity index (χ1v) is 9.26. The van der Waals surface area contributed by atoms with Crippen molar-refractivity contribution in [2.45, 2.75) is 6.61 Å². The predicted molar refractivity (Wildman–Crippen MR) is 110 cm³/mol. The van der Waals surface area contributed by atoms with Crippen LogP contribution in [0, 0.1) is 5.82 Å². The van der Waals surface area contributed by atoms with E-state index >= 15 is 0 Å². The summed E-state index contributed by atoms with van der Waals surface area (Å²) in [5, 5.41) is 3.38. The van der Waals surface area contributed by atoms with Gasteiger partial charge in [-0.3, -0.25) is 4.79 Å². The Morgan fingerprint density at radius 3 is 2.43 bits per heavy atom. The van der Waals surface area contributed by atoms with Crippen molar-refractivity contribution in [3.63, 3.8) is 0 Å². The Hall–Kier alpha value is -2.82. The molecule has 0 saturated carbocycles. The van der Waals surface area contributed by atoms with E-state index in [1.54, 1.807) is 36.4 Å². The van der Waals surface area contributed by atoms with E-state index in [0.717, 1.165) is 11.3 Å². The number of para-hydroxylation sites is 1. The minimum Gasteiger partial charge on any atom is -0.486 e. The highest BCUT2D eigenvalue weighted by Gasteiger charge is 2.23. The molecule has 6 heteroatoms. The summed E-state index contributed by atoms with van der Waals surface area (Å²) in [6.07, 6.45) is 1.72. The highest BCUT2D eigenvalue weighted by atomic mass is 35.5. The number of rotatable bonds is 4. The van der Waals surface area contributed by atoms with Gasteiger partial charge in [-0.25, -0.2) is 4.39 Å². The molecule has 3 nitrogen and oxygen atoms in total. The van der Waals surface area contributed by atoms with Crippen molar-refractivity contribution in [3.05, 3.63) is 93.2 Å². The Balaban J connectivity index is 1.61. The standard InChI is InChI=1S/C22H14Cl2FNO2/c23-17-10-13(9-16-15-6-2-4-8-20(15)26-22(16)27)11-18(24)21(17)28-12-14-5-1-3-7-19(14)25/h1-11H,12H2,(H,26,27)/b16-9+. The summed E-state index contributed by atoms with van der Waals surface area (Å²) in [6.45, 7) is 0.00231. The van der Waals surface area contributed by atoms with Crippen molar-refractivity contribution >= 4 is 46.4 Å². The second-order valence-corrected chi connectivity index (χ2v) is 7.07. The van der Waals surface area contributed by atoms with Gasteiger partial charge in [0.25, 0.3) is 5.91 Å². The Kier molecular flexibility index (Phi) is 5.07. The molecule has 0 bridgehead atoms. The van der Waals surface area contributed by atoms with Gasteiger partial charge in [0, 0.05) is 22.4 Å². The normalized spacial score (nSPS) is 14.1. The number of nitrogens with one attached hydrogen (secondary N) is 1. The van der Waals surface area contributed by atoms with Crippen LogP contribution in [0.5, 0.6) is 5.75 Å². The van der Waals surface area contributed by atoms with Gasteiger partial charge in [0.1, 0.15) is 12.4 Å². The van der Waals surface area contributed by atoms with Crippen LogP contribution in [0.1, 0.15) is 16.7 Å². The largest absolute Gasteiger partial charge is 0.486 e. The molecule has 0 unspecified atom stereocenters. The van der Waals surface area contributed by atoms with Gasteiger partial charge < -0.3 is 10.1 Å². The van der Waals surface area contributed by atoms with Gasteiger partial charge in [0.15, 0.2) is 5.75 Å². The van der Waals surface area contributed by atoms with Gasteiger partial charge in [-0.1, -0.05) is 59.6 Å². The van der Waals surface area contributed by atoms with Gasteiger partial charge >= 0.3 is 0 Å². The molecule has 0 aromatic heterocycles. The van der Waals surface area contributed by atoms with E-state index in [4.69, 9.17) is 27.9 Å². The lowest BCUT2D eigenvalue weighted by molar-refractivity contribution is -0.110. The Morgan fingerprint density at radius 1 is 1.00 bits per heavy atom. The third-order valence-corrected chi connectivity index (χ3v) is 4.93. The molecule has 0 saturated heterocycles. The van der Waals surface area contributed by atoms with E-state index in [2.05, 4.69) is 5.32 Å². The van der Waals surface area contributed by atoms with Crippen LogP contribution in [0.25, 0.3) is 11.6 Å². The van der Waals surface area contributed by atoms with Gasteiger partial charge in [-0.05, 0) is 35.9 Å². The molecular formula is C22H14Cl2FNO2. The maximum atomic E-state index is 13.8. The number of carbonyl (C=O) groups is 1. The molecule has 1 aliphatic heterocycles. The molecule has 3 aromatic rings. The molecular weight excluding hydrogens is 400 g/mol. The molecule has 1 heterocycles. The second-order valence-electron chi connectivity index (χ2n) is 6.25. The molecule has 0 spiro atoms. The first-order chi connectivity index (χ1) is 13.5. The lowest BCUT2D eigenvalue weighted by Crippen LogP contribution is -2.03. The van der Waals surface area contributed by atoms with E-state index in [-0.39, 0.29) is 34.1 Å². The van der Waals surface area contributed by atoms with Gasteiger partial charge in [0.05, 0.1) is 10.0 Å². The summed E-state index contributed by atoms with van der Waals surface area (Å²) in [5.74, 6) is -0.277. The number of halogens is 3. The van der Waals surface area contributed by atoms with Crippen LogP contribution < -0.4 is 10.1 Å². The van der Waals surface area contributed by atoms with E-state index in [9.17, 15) is 9.18 Å². The minimum absolute atomic E-state index is 0.00231. The predicted octanol–water partition coefficient (Wildman–Crippen LogP) is 6.20. The maximum absolute atomic E-state index is 13.8. The van der Waals surface area contributed by atoms with E-state index < -0.39 is 0 Å². The molecule has 4 rings (SSSR count). The topological polar surface area (TPSA) is 38.3 Å². The molecule has 0 aliphatic carbocycles. The van der Waals surface area contributed by atoms with Crippen molar-refractivity contribution in [1.82, 2.24) is 0 Å². The zero-order chi connectivity index (χ0) is 19.7. The highest BCUT2D eigenvalue weighted by molar-refractivity contribution is 6.38. The summed E-state index contributed by atoms with van der Waals surface area (Å²) in [5.41, 5.74) is 3.18. The molecule has 1 aliphatic rings. The van der Waals surface area contributed by atoms with Crippen molar-refractivity contribution in [2.75, 3.05) is 5.32 Å². The van der Waals surface area contributed by atoms with Crippen LogP contribution in [0.15, 0.2) is 60.7 Å². The molecule has 28 heavy (non-hydrogen) atoms. The van der Waals surface area contributed by atoms with Crippen LogP contribution in [0.2, 0.25) is 10.0 Å². The number of fused-ring (bicyclic) bond motifs is 1. The monoisotopic (exact) mass is 413 g/mol. The maximum Gasteiger partial charge on any atom is 0.256 e. The fraction of sp³-hybridized carbons (Fsp3) is 0.0455. The van der Waals surface area contributed by atoms with Gasteiger partial charge in [-0.2, -0.15) is 0 Å². The van der Waals surface area contributed by atoms with Crippen LogP contribution in [0.4, 0.5) is 10.1 Å². The number of amides is 1. The smallest absolute Gasteiger partial charge is 0.256 e. The third-order valence-electron chi connectivity index (χ3n) is 4.37. The zero-order valence-electron chi connectivity index (χ0n) is 14.5. The molecule has 0 radical (unpaired) electrons. The number of carbonyl (C=O) groups excluding carboxylic acids is 1. The van der Waals surface area contributed by atoms with E-state index in [1.165, 1.54) is 6.07 Å². The van der Waals surface area contributed by atoms with Gasteiger partial charge in [-0.15, -0.1) is 0 Å². The summed E-state index contributed by atoms with van der Waals surface area (Å²) < 4.78 is 19.4. The highest BCUT2D eigenvalue weighted by Crippen LogP contribution is 2.38. The zero-order valence-corrected chi connectivity index (χ0v) is 16.0. The second kappa shape index (κ2) is 7.66. The Bertz CT molecular complexity index is 1090. The average Bonchev–Trinajstić information content (AvgIpc) is 2.98. The lowest BCUT2D eigenvalue weighted by Gasteiger charge is -2.11. The SMILES string of the molecule is O=C1Nc2ccccc2/C1=C\c1cc(Cl)c(OCc2ccccc2F)c(Cl)c1. The molecule has 0 fully saturated rings. The summed E-state index contributed by atoms with van der Waals surface area (Å²) in [7, 11) is 0. The number of anilines is 1. The number of hydrogen-bond acceptors (Lipinski definition) is 2. The molecule has 0 atom stereocenters. The molecule has 140 valence electrons. The number of hydrogen-bond donors (Lipinski definition) is 1. The summed E-state index contributed by atoms with van der Waals surface area (Å²) in [6, 6.07) is 17.1. The summed E-state index contributed by atoms with van der Waals surface area (Å²) >= 11 is 12.7. The number of ether oxygens (including phenoxy) is 1. The van der Waals surface area contributed by atoms with Crippen LogP contribution in [0.3, 0.4) is 0 Å². The molecule has 1 N–H and O–H groups in total. The first-order valence-electron chi connectivity index (χ1n) is 8.50. The van der Waals surface area contributed by atoms with Crippen molar-refractivity contribution < 1.29 is 13.9 Å². The van der Waals surface area contributed by atoms with E-state index in [1.807, 2.05) is 24.3 Å². The van der Waals surface area contributed by atoms with Crippen molar-refractivity contribution in [2.24, 2.45) is 0 Å². The van der Waals surface area contributed by atoms with Crippen molar-refractivity contribution in [3.8, 4) is 5.75 Å². The van der Waals surface area contributed by atoms with Crippen LogP contribution in [-0.4, -0.2) is 5.91 Å². The molecule has 1 amide bonds. The lowest BCUT2D eigenvalue weighted by atomic mass is 10.0. The minimum atomic E-state index is -0.359. The van der Waals surface area contributed by atoms with Crippen molar-refractivity contribution in [1.29, 1.82) is 0 Å². The third kappa shape index (κ3) is 3.61. The fourth-order valence-electron chi connectivity index (χ4n) is 3.01.